The zero-order valence-electron chi connectivity index (χ0n) is 13.3. The van der Waals surface area contributed by atoms with Gasteiger partial charge in [-0.3, -0.25) is 4.79 Å². The van der Waals surface area contributed by atoms with Crippen LogP contribution in [0.25, 0.3) is 0 Å². The number of piperidine rings is 1. The highest BCUT2D eigenvalue weighted by molar-refractivity contribution is 7.99. The topological polar surface area (TPSA) is 41.4 Å². The van der Waals surface area contributed by atoms with Crippen LogP contribution in [-0.4, -0.2) is 71.0 Å². The molecular weight excluding hydrogens is 284 g/mol. The van der Waals surface area contributed by atoms with Crippen molar-refractivity contribution in [1.82, 2.24) is 19.4 Å². The lowest BCUT2D eigenvalue weighted by atomic mass is 9.97. The summed E-state index contributed by atoms with van der Waals surface area (Å²) in [6.45, 7) is 3.68. The maximum absolute atomic E-state index is 12.1. The Balaban J connectivity index is 2.01. The van der Waals surface area contributed by atoms with Crippen LogP contribution < -0.4 is 0 Å². The predicted octanol–water partition coefficient (Wildman–Crippen LogP) is 1.51. The molecule has 1 aliphatic heterocycles. The number of aromatic nitrogens is 2. The molecule has 118 valence electrons. The number of carbonyl (C=O) groups is 1. The highest BCUT2D eigenvalue weighted by Crippen LogP contribution is 2.26. The standard InChI is InChI=1S/C15H26N4OS/c1-17(2)9-10-18-8-6-16-15(18)13-5-4-7-19(11-13)14(20)12-21-3/h6,8,13H,4-5,7,9-12H2,1-3H3/t13-/m1/s1. The molecular formula is C15H26N4OS. The van der Waals surface area contributed by atoms with Crippen molar-refractivity contribution in [1.29, 1.82) is 0 Å². The third kappa shape index (κ3) is 4.48. The third-order valence-electron chi connectivity index (χ3n) is 3.94. The Kier molecular flexibility index (Phi) is 6.11. The molecule has 1 saturated heterocycles. The van der Waals surface area contributed by atoms with Gasteiger partial charge in [0.1, 0.15) is 5.82 Å². The first-order valence-corrected chi connectivity index (χ1v) is 8.93. The van der Waals surface area contributed by atoms with Gasteiger partial charge >= 0.3 is 0 Å². The number of hydrogen-bond acceptors (Lipinski definition) is 4. The van der Waals surface area contributed by atoms with Gasteiger partial charge in [0.2, 0.25) is 5.91 Å². The van der Waals surface area contributed by atoms with Crippen molar-refractivity contribution in [2.24, 2.45) is 0 Å². The van der Waals surface area contributed by atoms with Gasteiger partial charge in [0.05, 0.1) is 5.75 Å². The molecule has 0 saturated carbocycles. The van der Waals surface area contributed by atoms with Crippen molar-refractivity contribution in [2.45, 2.75) is 25.3 Å². The molecule has 0 bridgehead atoms. The van der Waals surface area contributed by atoms with E-state index in [1.807, 2.05) is 17.4 Å². The van der Waals surface area contributed by atoms with Crippen LogP contribution in [0.4, 0.5) is 0 Å². The number of thioether (sulfide) groups is 1. The van der Waals surface area contributed by atoms with E-state index in [4.69, 9.17) is 0 Å². The van der Waals surface area contributed by atoms with Crippen molar-refractivity contribution < 1.29 is 4.79 Å². The van der Waals surface area contributed by atoms with Gasteiger partial charge in [0.15, 0.2) is 0 Å². The minimum Gasteiger partial charge on any atom is -0.341 e. The average Bonchev–Trinajstić information content (AvgIpc) is 2.94. The summed E-state index contributed by atoms with van der Waals surface area (Å²) in [6, 6.07) is 0. The summed E-state index contributed by atoms with van der Waals surface area (Å²) >= 11 is 1.60. The Hall–Kier alpha value is -1.01. The summed E-state index contributed by atoms with van der Waals surface area (Å²) in [5.41, 5.74) is 0. The van der Waals surface area contributed by atoms with Crippen molar-refractivity contribution in [3.8, 4) is 0 Å². The maximum atomic E-state index is 12.1. The van der Waals surface area contributed by atoms with E-state index in [-0.39, 0.29) is 5.91 Å². The van der Waals surface area contributed by atoms with E-state index in [0.717, 1.165) is 44.8 Å². The number of likely N-dealkylation sites (tertiary alicyclic amines) is 1. The second-order valence-corrected chi connectivity index (χ2v) is 6.76. The van der Waals surface area contributed by atoms with Crippen LogP contribution in [0.15, 0.2) is 12.4 Å². The van der Waals surface area contributed by atoms with Crippen LogP contribution in [0.1, 0.15) is 24.6 Å². The molecule has 1 aliphatic rings. The highest BCUT2D eigenvalue weighted by Gasteiger charge is 2.27. The summed E-state index contributed by atoms with van der Waals surface area (Å²) in [4.78, 5) is 20.8. The Morgan fingerprint density at radius 3 is 3.05 bits per heavy atom. The number of likely N-dealkylation sites (N-methyl/N-ethyl adjacent to an activating group) is 1. The number of hydrogen-bond donors (Lipinski definition) is 0. The molecule has 0 unspecified atom stereocenters. The number of nitrogens with zero attached hydrogens (tertiary/aromatic N) is 4. The lowest BCUT2D eigenvalue weighted by molar-refractivity contribution is -0.129. The van der Waals surface area contributed by atoms with Crippen molar-refractivity contribution in [3.05, 3.63) is 18.2 Å². The van der Waals surface area contributed by atoms with Crippen molar-refractivity contribution in [3.63, 3.8) is 0 Å². The predicted molar refractivity (Wildman–Crippen MR) is 87.7 cm³/mol. The van der Waals surface area contributed by atoms with Gasteiger partial charge in [-0.2, -0.15) is 11.8 Å². The molecule has 1 fully saturated rings. The molecule has 1 atom stereocenters. The van der Waals surface area contributed by atoms with Crippen LogP contribution in [0.3, 0.4) is 0 Å². The molecule has 2 heterocycles. The van der Waals surface area contributed by atoms with E-state index >= 15 is 0 Å². The fraction of sp³-hybridized carbons (Fsp3) is 0.733. The van der Waals surface area contributed by atoms with Crippen molar-refractivity contribution >= 4 is 17.7 Å². The van der Waals surface area contributed by atoms with E-state index in [9.17, 15) is 4.79 Å². The smallest absolute Gasteiger partial charge is 0.232 e. The summed E-state index contributed by atoms with van der Waals surface area (Å²) in [5, 5.41) is 0. The largest absolute Gasteiger partial charge is 0.341 e. The third-order valence-corrected chi connectivity index (χ3v) is 4.48. The fourth-order valence-electron chi connectivity index (χ4n) is 2.81. The summed E-state index contributed by atoms with van der Waals surface area (Å²) in [5.74, 6) is 2.36. The lowest BCUT2D eigenvalue weighted by Crippen LogP contribution is -2.40. The van der Waals surface area contributed by atoms with Gasteiger partial charge in [0.25, 0.3) is 0 Å². The first-order valence-electron chi connectivity index (χ1n) is 7.54. The first kappa shape index (κ1) is 16.4. The van der Waals surface area contributed by atoms with Crippen LogP contribution >= 0.6 is 11.8 Å². The van der Waals surface area contributed by atoms with Crippen LogP contribution in [0.5, 0.6) is 0 Å². The second-order valence-electron chi connectivity index (χ2n) is 5.89. The van der Waals surface area contributed by atoms with Gasteiger partial charge in [-0.15, -0.1) is 0 Å². The van der Waals surface area contributed by atoms with Crippen LogP contribution in [0, 0.1) is 0 Å². The molecule has 1 amide bonds. The van der Waals surface area contributed by atoms with Gasteiger partial charge in [0, 0.05) is 44.5 Å². The van der Waals surface area contributed by atoms with Crippen LogP contribution in [-0.2, 0) is 11.3 Å². The van der Waals surface area contributed by atoms with Gasteiger partial charge in [-0.1, -0.05) is 0 Å². The summed E-state index contributed by atoms with van der Waals surface area (Å²) in [6.07, 6.45) is 8.12. The Labute approximate surface area is 131 Å². The molecule has 2 rings (SSSR count). The van der Waals surface area contributed by atoms with Gasteiger partial charge in [-0.25, -0.2) is 4.98 Å². The zero-order chi connectivity index (χ0) is 15.2. The number of imidazole rings is 1. The lowest BCUT2D eigenvalue weighted by Gasteiger charge is -2.32. The number of amides is 1. The molecule has 0 aromatic carbocycles. The SMILES string of the molecule is CSCC(=O)N1CCC[C@@H](c2nccn2CCN(C)C)C1. The second kappa shape index (κ2) is 7.84. The summed E-state index contributed by atoms with van der Waals surface area (Å²) in [7, 11) is 4.17. The van der Waals surface area contributed by atoms with Crippen molar-refractivity contribution in [2.75, 3.05) is 45.7 Å². The Bertz CT molecular complexity index is 460. The number of rotatable bonds is 6. The number of carbonyl (C=O) groups excluding carboxylic acids is 1. The Morgan fingerprint density at radius 1 is 1.52 bits per heavy atom. The van der Waals surface area contributed by atoms with E-state index < -0.39 is 0 Å². The molecule has 5 nitrogen and oxygen atoms in total. The molecule has 0 N–H and O–H groups in total. The maximum Gasteiger partial charge on any atom is 0.232 e. The zero-order valence-corrected chi connectivity index (χ0v) is 14.1. The van der Waals surface area contributed by atoms with Gasteiger partial charge < -0.3 is 14.4 Å². The minimum atomic E-state index is 0.263. The average molecular weight is 310 g/mol. The normalized spacial score (nSPS) is 19.2. The van der Waals surface area contributed by atoms with E-state index in [1.54, 1.807) is 11.8 Å². The molecule has 1 aromatic heterocycles. The van der Waals surface area contributed by atoms with E-state index in [2.05, 4.69) is 34.7 Å². The van der Waals surface area contributed by atoms with Gasteiger partial charge in [-0.05, 0) is 33.2 Å². The summed E-state index contributed by atoms with van der Waals surface area (Å²) < 4.78 is 2.24. The molecule has 0 spiro atoms. The van der Waals surface area contributed by atoms with Crippen LogP contribution in [0.2, 0.25) is 0 Å². The molecule has 1 aromatic rings. The molecule has 21 heavy (non-hydrogen) atoms. The molecule has 6 heteroatoms. The monoisotopic (exact) mass is 310 g/mol. The van der Waals surface area contributed by atoms with E-state index in [0.29, 0.717) is 11.7 Å². The highest BCUT2D eigenvalue weighted by atomic mass is 32.2. The Morgan fingerprint density at radius 2 is 2.33 bits per heavy atom. The quantitative estimate of drug-likeness (QED) is 0.799. The minimum absolute atomic E-state index is 0.263. The fourth-order valence-corrected chi connectivity index (χ4v) is 3.24. The molecule has 0 aliphatic carbocycles. The first-order chi connectivity index (χ1) is 10.1. The van der Waals surface area contributed by atoms with E-state index in [1.165, 1.54) is 0 Å². The molecule has 0 radical (unpaired) electrons.